The van der Waals surface area contributed by atoms with Crippen molar-refractivity contribution in [1.82, 2.24) is 20.6 Å². The molecule has 2 aromatic rings. The standard InChI is InChI=1S/C16H23N5S/c1-3-15-21-14(12-22-15)8-10-19-16(17-4-2)20-11-13-7-5-6-9-18-13/h5-7,9,12H,3-4,8,10-11H2,1-2H3,(H2,17,19,20). The first-order valence-corrected chi connectivity index (χ1v) is 8.55. The third-order valence-electron chi connectivity index (χ3n) is 3.04. The van der Waals surface area contributed by atoms with Crippen LogP contribution in [0.3, 0.4) is 0 Å². The first-order chi connectivity index (χ1) is 10.8. The number of thiazole rings is 1. The average Bonchev–Trinajstić information content (AvgIpc) is 3.01. The molecule has 0 aliphatic rings. The van der Waals surface area contributed by atoms with E-state index in [0.29, 0.717) is 6.54 Å². The van der Waals surface area contributed by atoms with E-state index in [1.807, 2.05) is 18.2 Å². The summed E-state index contributed by atoms with van der Waals surface area (Å²) < 4.78 is 0. The Kier molecular flexibility index (Phi) is 6.83. The van der Waals surface area contributed by atoms with Crippen LogP contribution in [0.15, 0.2) is 34.8 Å². The van der Waals surface area contributed by atoms with Crippen molar-refractivity contribution in [1.29, 1.82) is 0 Å². The van der Waals surface area contributed by atoms with Crippen LogP contribution in [0.5, 0.6) is 0 Å². The van der Waals surface area contributed by atoms with Gasteiger partial charge in [-0.25, -0.2) is 9.98 Å². The SMILES string of the molecule is CCNC(=NCc1ccccn1)NCCc1csc(CC)n1. The Morgan fingerprint density at radius 3 is 2.82 bits per heavy atom. The molecule has 0 amide bonds. The van der Waals surface area contributed by atoms with Crippen molar-refractivity contribution in [3.63, 3.8) is 0 Å². The number of pyridine rings is 1. The van der Waals surface area contributed by atoms with Gasteiger partial charge in [-0.2, -0.15) is 0 Å². The van der Waals surface area contributed by atoms with Crippen molar-refractivity contribution in [2.75, 3.05) is 13.1 Å². The summed E-state index contributed by atoms with van der Waals surface area (Å²) in [6.45, 7) is 6.43. The quantitative estimate of drug-likeness (QED) is 0.608. The largest absolute Gasteiger partial charge is 0.357 e. The van der Waals surface area contributed by atoms with Crippen LogP contribution in [0.4, 0.5) is 0 Å². The van der Waals surface area contributed by atoms with E-state index in [1.54, 1.807) is 17.5 Å². The van der Waals surface area contributed by atoms with Gasteiger partial charge in [-0.15, -0.1) is 11.3 Å². The molecule has 0 fully saturated rings. The Labute approximate surface area is 135 Å². The molecule has 22 heavy (non-hydrogen) atoms. The maximum atomic E-state index is 4.57. The lowest BCUT2D eigenvalue weighted by atomic mass is 10.3. The number of guanidine groups is 1. The maximum Gasteiger partial charge on any atom is 0.191 e. The molecule has 0 aromatic carbocycles. The lowest BCUT2D eigenvalue weighted by Gasteiger charge is -2.10. The molecule has 0 saturated heterocycles. The summed E-state index contributed by atoms with van der Waals surface area (Å²) in [5, 5.41) is 9.93. The summed E-state index contributed by atoms with van der Waals surface area (Å²) in [6.07, 6.45) is 3.70. The van der Waals surface area contributed by atoms with Crippen LogP contribution >= 0.6 is 11.3 Å². The summed E-state index contributed by atoms with van der Waals surface area (Å²) in [6, 6.07) is 5.87. The molecule has 0 spiro atoms. The second-order valence-electron chi connectivity index (χ2n) is 4.78. The maximum absolute atomic E-state index is 4.57. The van der Waals surface area contributed by atoms with Crippen LogP contribution in [0.2, 0.25) is 0 Å². The van der Waals surface area contributed by atoms with Crippen LogP contribution in [0.1, 0.15) is 30.2 Å². The van der Waals surface area contributed by atoms with Crippen molar-refractivity contribution < 1.29 is 0 Å². The zero-order chi connectivity index (χ0) is 15.6. The summed E-state index contributed by atoms with van der Waals surface area (Å²) in [7, 11) is 0. The molecule has 2 heterocycles. The third-order valence-corrected chi connectivity index (χ3v) is 4.09. The number of rotatable bonds is 7. The predicted octanol–water partition coefficient (Wildman–Crippen LogP) is 2.40. The molecule has 6 heteroatoms. The molecule has 0 saturated carbocycles. The first kappa shape index (κ1) is 16.4. The molecule has 2 aromatic heterocycles. The van der Waals surface area contributed by atoms with Gasteiger partial charge in [0.05, 0.1) is 22.9 Å². The molecular formula is C16H23N5S. The summed E-state index contributed by atoms with van der Waals surface area (Å²) in [4.78, 5) is 13.4. The van der Waals surface area contributed by atoms with E-state index in [9.17, 15) is 0 Å². The molecule has 2 rings (SSSR count). The second kappa shape index (κ2) is 9.15. The average molecular weight is 317 g/mol. The van der Waals surface area contributed by atoms with Gasteiger partial charge in [-0.3, -0.25) is 4.98 Å². The van der Waals surface area contributed by atoms with E-state index in [-0.39, 0.29) is 0 Å². The number of hydrogen-bond donors (Lipinski definition) is 2. The second-order valence-corrected chi connectivity index (χ2v) is 5.72. The van der Waals surface area contributed by atoms with Crippen LogP contribution < -0.4 is 10.6 Å². The Bertz CT molecular complexity index is 579. The molecule has 0 aliphatic carbocycles. The number of aliphatic imine (C=N–C) groups is 1. The van der Waals surface area contributed by atoms with Crippen molar-refractivity contribution in [2.24, 2.45) is 4.99 Å². The van der Waals surface area contributed by atoms with Gasteiger partial charge in [-0.1, -0.05) is 13.0 Å². The Balaban J connectivity index is 1.83. The van der Waals surface area contributed by atoms with E-state index in [4.69, 9.17) is 0 Å². The van der Waals surface area contributed by atoms with Gasteiger partial charge >= 0.3 is 0 Å². The van der Waals surface area contributed by atoms with Crippen molar-refractivity contribution in [2.45, 2.75) is 33.2 Å². The van der Waals surface area contributed by atoms with E-state index in [1.165, 1.54) is 5.01 Å². The van der Waals surface area contributed by atoms with Gasteiger partial charge in [-0.05, 0) is 25.5 Å². The lowest BCUT2D eigenvalue weighted by Crippen LogP contribution is -2.38. The van der Waals surface area contributed by atoms with Crippen LogP contribution in [0.25, 0.3) is 0 Å². The monoisotopic (exact) mass is 317 g/mol. The van der Waals surface area contributed by atoms with E-state index in [2.05, 4.69) is 44.8 Å². The zero-order valence-electron chi connectivity index (χ0n) is 13.2. The number of aromatic nitrogens is 2. The van der Waals surface area contributed by atoms with Crippen molar-refractivity contribution >= 4 is 17.3 Å². The summed E-state index contributed by atoms with van der Waals surface area (Å²) in [5.41, 5.74) is 2.11. The fraction of sp³-hybridized carbons (Fsp3) is 0.438. The molecule has 0 bridgehead atoms. The fourth-order valence-electron chi connectivity index (χ4n) is 1.93. The molecule has 0 aliphatic heterocycles. The Morgan fingerprint density at radius 1 is 1.23 bits per heavy atom. The minimum atomic E-state index is 0.576. The van der Waals surface area contributed by atoms with Crippen LogP contribution in [-0.4, -0.2) is 29.0 Å². The van der Waals surface area contributed by atoms with Gasteiger partial charge in [0.1, 0.15) is 0 Å². The van der Waals surface area contributed by atoms with Gasteiger partial charge in [0.2, 0.25) is 0 Å². The molecule has 0 atom stereocenters. The summed E-state index contributed by atoms with van der Waals surface area (Å²) >= 11 is 1.73. The smallest absolute Gasteiger partial charge is 0.191 e. The van der Waals surface area contributed by atoms with Gasteiger partial charge in [0, 0.05) is 31.1 Å². The minimum Gasteiger partial charge on any atom is -0.357 e. The van der Waals surface area contributed by atoms with Crippen LogP contribution in [-0.2, 0) is 19.4 Å². The van der Waals surface area contributed by atoms with Crippen molar-refractivity contribution in [3.05, 3.63) is 46.2 Å². The van der Waals surface area contributed by atoms with Crippen LogP contribution in [0, 0.1) is 0 Å². The van der Waals surface area contributed by atoms with Gasteiger partial charge in [0.15, 0.2) is 5.96 Å². The topological polar surface area (TPSA) is 62.2 Å². The highest BCUT2D eigenvalue weighted by molar-refractivity contribution is 7.09. The highest BCUT2D eigenvalue weighted by atomic mass is 32.1. The number of aryl methyl sites for hydroxylation is 1. The van der Waals surface area contributed by atoms with E-state index in [0.717, 1.165) is 43.3 Å². The summed E-state index contributed by atoms with van der Waals surface area (Å²) in [5.74, 6) is 0.819. The number of nitrogens with zero attached hydrogens (tertiary/aromatic N) is 3. The number of nitrogens with one attached hydrogen (secondary N) is 2. The predicted molar refractivity (Wildman–Crippen MR) is 92.3 cm³/mol. The highest BCUT2D eigenvalue weighted by Crippen LogP contribution is 2.10. The Morgan fingerprint density at radius 2 is 2.14 bits per heavy atom. The number of hydrogen-bond acceptors (Lipinski definition) is 4. The van der Waals surface area contributed by atoms with Crippen molar-refractivity contribution in [3.8, 4) is 0 Å². The van der Waals surface area contributed by atoms with E-state index < -0.39 is 0 Å². The molecule has 0 unspecified atom stereocenters. The molecular weight excluding hydrogens is 294 g/mol. The fourth-order valence-corrected chi connectivity index (χ4v) is 2.71. The first-order valence-electron chi connectivity index (χ1n) is 7.67. The minimum absolute atomic E-state index is 0.576. The molecule has 5 nitrogen and oxygen atoms in total. The lowest BCUT2D eigenvalue weighted by molar-refractivity contribution is 0.786. The van der Waals surface area contributed by atoms with Gasteiger partial charge < -0.3 is 10.6 Å². The molecule has 0 radical (unpaired) electrons. The third kappa shape index (κ3) is 5.44. The van der Waals surface area contributed by atoms with Gasteiger partial charge in [0.25, 0.3) is 0 Å². The molecule has 118 valence electrons. The normalized spacial score (nSPS) is 11.5. The molecule has 2 N–H and O–H groups in total. The zero-order valence-corrected chi connectivity index (χ0v) is 14.0. The Hall–Kier alpha value is -1.95. The highest BCUT2D eigenvalue weighted by Gasteiger charge is 2.02. The van der Waals surface area contributed by atoms with E-state index >= 15 is 0 Å².